The van der Waals surface area contributed by atoms with Crippen LogP contribution >= 0.6 is 35.6 Å². The summed E-state index contributed by atoms with van der Waals surface area (Å²) in [5.41, 5.74) is 1.07. The molecule has 0 radical (unpaired) electrons. The van der Waals surface area contributed by atoms with Gasteiger partial charge in [0.05, 0.1) is 10.0 Å². The molecule has 2 aromatic rings. The van der Waals surface area contributed by atoms with Crippen molar-refractivity contribution in [2.24, 2.45) is 0 Å². The van der Waals surface area contributed by atoms with Crippen LogP contribution in [0.2, 0.25) is 10.0 Å². The number of likely N-dealkylation sites (tertiary alicyclic amines) is 1. The lowest BCUT2D eigenvalue weighted by Crippen LogP contribution is -2.23. The summed E-state index contributed by atoms with van der Waals surface area (Å²) in [6.07, 6.45) is 3.45. The molecule has 1 atom stereocenters. The van der Waals surface area contributed by atoms with Crippen molar-refractivity contribution in [2.75, 3.05) is 19.6 Å². The third-order valence-corrected chi connectivity index (χ3v) is 5.37. The number of hydrogen-bond acceptors (Lipinski definition) is 3. The average molecular weight is 401 g/mol. The second kappa shape index (κ2) is 8.05. The van der Waals surface area contributed by atoms with E-state index in [1.807, 2.05) is 18.2 Å². The summed E-state index contributed by atoms with van der Waals surface area (Å²) in [7, 11) is 0. The van der Waals surface area contributed by atoms with Crippen LogP contribution in [-0.4, -0.2) is 24.5 Å². The van der Waals surface area contributed by atoms with Crippen molar-refractivity contribution in [1.29, 1.82) is 0 Å². The minimum atomic E-state index is -0.0553. The highest BCUT2D eigenvalue weighted by atomic mass is 35.5. The molecule has 0 amide bonds. The second-order valence-electron chi connectivity index (χ2n) is 6.30. The van der Waals surface area contributed by atoms with Crippen LogP contribution in [0.4, 0.5) is 0 Å². The van der Waals surface area contributed by atoms with Crippen LogP contribution in [-0.2, 0) is 0 Å². The maximum atomic E-state index is 6.28. The summed E-state index contributed by atoms with van der Waals surface area (Å²) < 4.78 is 12.3. The molecule has 25 heavy (non-hydrogen) atoms. The number of halogens is 3. The fourth-order valence-electron chi connectivity index (χ4n) is 3.38. The first kappa shape index (κ1) is 18.7. The van der Waals surface area contributed by atoms with Crippen LogP contribution in [0.5, 0.6) is 17.2 Å². The van der Waals surface area contributed by atoms with Gasteiger partial charge in [0.15, 0.2) is 11.5 Å². The summed E-state index contributed by atoms with van der Waals surface area (Å²) in [4.78, 5) is 2.49. The lowest BCUT2D eigenvalue weighted by atomic mass is 10.1. The predicted octanol–water partition coefficient (Wildman–Crippen LogP) is 6.13. The van der Waals surface area contributed by atoms with Gasteiger partial charge in [0, 0.05) is 30.7 Å². The summed E-state index contributed by atoms with van der Waals surface area (Å²) in [6.45, 7) is 3.39. The molecule has 0 N–H and O–H groups in total. The first-order valence-corrected chi connectivity index (χ1v) is 9.11. The summed E-state index contributed by atoms with van der Waals surface area (Å²) in [5, 5.41) is 0.940. The number of fused-ring (bicyclic) bond motifs is 2. The molecular weight excluding hydrogens is 381 g/mol. The third kappa shape index (κ3) is 4.01. The summed E-state index contributed by atoms with van der Waals surface area (Å²) >= 11 is 12.3. The SMILES string of the molecule is Cl.Clc1cc2c(cc1Cl)OC(CCN1CCCC1)c1ccccc1O2. The van der Waals surface area contributed by atoms with E-state index in [2.05, 4.69) is 11.0 Å². The Morgan fingerprint density at radius 1 is 0.960 bits per heavy atom. The van der Waals surface area contributed by atoms with Gasteiger partial charge in [-0.25, -0.2) is 0 Å². The normalized spacial score (nSPS) is 19.0. The molecule has 0 aromatic heterocycles. The summed E-state index contributed by atoms with van der Waals surface area (Å²) in [6, 6.07) is 11.5. The minimum absolute atomic E-state index is 0. The zero-order chi connectivity index (χ0) is 16.5. The molecular formula is C19H20Cl3NO2. The monoisotopic (exact) mass is 399 g/mol. The van der Waals surface area contributed by atoms with Crippen LogP contribution in [0.15, 0.2) is 36.4 Å². The van der Waals surface area contributed by atoms with Gasteiger partial charge in [-0.05, 0) is 32.0 Å². The zero-order valence-corrected chi connectivity index (χ0v) is 16.0. The Morgan fingerprint density at radius 2 is 1.64 bits per heavy atom. The van der Waals surface area contributed by atoms with E-state index in [1.54, 1.807) is 12.1 Å². The molecule has 4 rings (SSSR count). The number of para-hydroxylation sites is 1. The van der Waals surface area contributed by atoms with Gasteiger partial charge in [0.1, 0.15) is 11.9 Å². The van der Waals surface area contributed by atoms with Crippen molar-refractivity contribution in [2.45, 2.75) is 25.4 Å². The number of nitrogens with zero attached hydrogens (tertiary/aromatic N) is 1. The van der Waals surface area contributed by atoms with Crippen LogP contribution in [0.25, 0.3) is 0 Å². The standard InChI is InChI=1S/C19H19Cl2NO2.ClH/c20-14-11-18-19(12-15(14)21)24-17(7-10-22-8-3-4-9-22)13-5-1-2-6-16(13)23-18;/h1-2,5-6,11-12,17H,3-4,7-10H2;1H. The molecule has 134 valence electrons. The highest BCUT2D eigenvalue weighted by molar-refractivity contribution is 6.42. The lowest BCUT2D eigenvalue weighted by molar-refractivity contribution is 0.175. The van der Waals surface area contributed by atoms with E-state index >= 15 is 0 Å². The van der Waals surface area contributed by atoms with E-state index in [9.17, 15) is 0 Å². The lowest BCUT2D eigenvalue weighted by Gasteiger charge is -2.21. The molecule has 0 spiro atoms. The second-order valence-corrected chi connectivity index (χ2v) is 7.11. The Kier molecular flexibility index (Phi) is 6.00. The van der Waals surface area contributed by atoms with E-state index < -0.39 is 0 Å². The van der Waals surface area contributed by atoms with Crippen LogP contribution in [0, 0.1) is 0 Å². The summed E-state index contributed by atoms with van der Waals surface area (Å²) in [5.74, 6) is 2.08. The molecule has 2 heterocycles. The fourth-order valence-corrected chi connectivity index (χ4v) is 3.68. The molecule has 1 fully saturated rings. The maximum Gasteiger partial charge on any atom is 0.170 e. The smallest absolute Gasteiger partial charge is 0.170 e. The molecule has 2 aliphatic rings. The molecule has 0 saturated carbocycles. The Balaban J connectivity index is 0.00000182. The van der Waals surface area contributed by atoms with E-state index in [-0.39, 0.29) is 18.5 Å². The first-order chi connectivity index (χ1) is 11.7. The molecule has 0 bridgehead atoms. The third-order valence-electron chi connectivity index (χ3n) is 4.65. The number of benzene rings is 2. The number of rotatable bonds is 3. The molecule has 3 nitrogen and oxygen atoms in total. The first-order valence-electron chi connectivity index (χ1n) is 8.35. The minimum Gasteiger partial charge on any atom is -0.482 e. The largest absolute Gasteiger partial charge is 0.482 e. The van der Waals surface area contributed by atoms with Crippen molar-refractivity contribution in [3.05, 3.63) is 52.0 Å². The Hall–Kier alpha value is -1.13. The molecule has 1 saturated heterocycles. The van der Waals surface area contributed by atoms with E-state index in [1.165, 1.54) is 25.9 Å². The van der Waals surface area contributed by atoms with Gasteiger partial charge < -0.3 is 14.4 Å². The molecule has 2 aromatic carbocycles. The van der Waals surface area contributed by atoms with Crippen molar-refractivity contribution in [1.82, 2.24) is 4.90 Å². The highest BCUT2D eigenvalue weighted by Crippen LogP contribution is 2.45. The van der Waals surface area contributed by atoms with Gasteiger partial charge in [-0.15, -0.1) is 12.4 Å². The number of ether oxygens (including phenoxy) is 2. The zero-order valence-electron chi connectivity index (χ0n) is 13.7. The van der Waals surface area contributed by atoms with Crippen LogP contribution in [0.1, 0.15) is 30.9 Å². The molecule has 2 aliphatic heterocycles. The fraction of sp³-hybridized carbons (Fsp3) is 0.368. The van der Waals surface area contributed by atoms with E-state index in [4.69, 9.17) is 32.7 Å². The van der Waals surface area contributed by atoms with Gasteiger partial charge in [-0.2, -0.15) is 0 Å². The quantitative estimate of drug-likeness (QED) is 0.619. The van der Waals surface area contributed by atoms with Gasteiger partial charge >= 0.3 is 0 Å². The molecule has 6 heteroatoms. The highest BCUT2D eigenvalue weighted by Gasteiger charge is 2.26. The van der Waals surface area contributed by atoms with Crippen molar-refractivity contribution in [3.8, 4) is 17.2 Å². The molecule has 1 unspecified atom stereocenters. The van der Waals surface area contributed by atoms with Crippen LogP contribution in [0.3, 0.4) is 0 Å². The van der Waals surface area contributed by atoms with Gasteiger partial charge in [-0.1, -0.05) is 41.4 Å². The average Bonchev–Trinajstić information content (AvgIpc) is 3.05. The predicted molar refractivity (Wildman–Crippen MR) is 104 cm³/mol. The Bertz CT molecular complexity index is 747. The van der Waals surface area contributed by atoms with Crippen LogP contribution < -0.4 is 9.47 Å². The van der Waals surface area contributed by atoms with Gasteiger partial charge in [0.2, 0.25) is 0 Å². The Morgan fingerprint density at radius 3 is 2.40 bits per heavy atom. The Labute approximate surface area is 164 Å². The van der Waals surface area contributed by atoms with Gasteiger partial charge in [-0.3, -0.25) is 0 Å². The van der Waals surface area contributed by atoms with Crippen molar-refractivity contribution >= 4 is 35.6 Å². The maximum absolute atomic E-state index is 6.28. The number of hydrogen-bond donors (Lipinski definition) is 0. The van der Waals surface area contributed by atoms with E-state index in [0.717, 1.165) is 24.3 Å². The van der Waals surface area contributed by atoms with Crippen molar-refractivity contribution < 1.29 is 9.47 Å². The topological polar surface area (TPSA) is 21.7 Å². The van der Waals surface area contributed by atoms with Crippen molar-refractivity contribution in [3.63, 3.8) is 0 Å². The molecule has 0 aliphatic carbocycles. The van der Waals surface area contributed by atoms with Gasteiger partial charge in [0.25, 0.3) is 0 Å². The van der Waals surface area contributed by atoms with E-state index in [0.29, 0.717) is 21.5 Å².